The Balaban J connectivity index is 3.07. The van der Waals surface area contributed by atoms with Crippen LogP contribution in [0.1, 0.15) is 11.7 Å². The zero-order valence-electron chi connectivity index (χ0n) is 7.38. The first-order chi connectivity index (χ1) is 6.70. The van der Waals surface area contributed by atoms with Gasteiger partial charge in [-0.15, -0.1) is 4.91 Å². The number of methoxy groups -OCH3 is 1. The van der Waals surface area contributed by atoms with Gasteiger partial charge in [0.05, 0.1) is 7.11 Å². The van der Waals surface area contributed by atoms with Crippen molar-refractivity contribution in [2.75, 3.05) is 7.11 Å². The van der Waals surface area contributed by atoms with Crippen LogP contribution in [0.2, 0.25) is 0 Å². The van der Waals surface area contributed by atoms with Gasteiger partial charge in [-0.3, -0.25) is 4.98 Å². The summed E-state index contributed by atoms with van der Waals surface area (Å²) in [7, 11) is 1.13. The molecular formula is C8H8N2O4. The van der Waals surface area contributed by atoms with Crippen LogP contribution in [0.15, 0.2) is 23.5 Å². The Bertz CT molecular complexity index is 353. The highest BCUT2D eigenvalue weighted by molar-refractivity contribution is 5.77. The van der Waals surface area contributed by atoms with Gasteiger partial charge in [0.1, 0.15) is 11.4 Å². The molecule has 6 nitrogen and oxygen atoms in total. The lowest BCUT2D eigenvalue weighted by Gasteiger charge is -2.06. The van der Waals surface area contributed by atoms with Gasteiger partial charge >= 0.3 is 5.97 Å². The molecule has 0 saturated carbocycles. The molecule has 0 aromatic carbocycles. The fraction of sp³-hybridized carbons (Fsp3) is 0.250. The van der Waals surface area contributed by atoms with Gasteiger partial charge in [-0.1, -0.05) is 0 Å². The minimum Gasteiger partial charge on any atom is -0.506 e. The van der Waals surface area contributed by atoms with Crippen molar-refractivity contribution in [2.45, 2.75) is 6.04 Å². The molecule has 0 spiro atoms. The molecule has 1 N–H and O–H groups in total. The van der Waals surface area contributed by atoms with E-state index in [0.717, 1.165) is 7.11 Å². The Morgan fingerprint density at radius 2 is 2.43 bits per heavy atom. The van der Waals surface area contributed by atoms with Gasteiger partial charge in [0.2, 0.25) is 6.04 Å². The molecule has 1 atom stereocenters. The topological polar surface area (TPSA) is 88.9 Å². The highest BCUT2D eigenvalue weighted by Crippen LogP contribution is 2.24. The zero-order chi connectivity index (χ0) is 10.6. The number of aromatic hydroxyl groups is 1. The second-order valence-corrected chi connectivity index (χ2v) is 2.44. The predicted octanol–water partition coefficient (Wildman–Crippen LogP) is 0.768. The van der Waals surface area contributed by atoms with E-state index in [0.29, 0.717) is 0 Å². The fourth-order valence-corrected chi connectivity index (χ4v) is 0.936. The van der Waals surface area contributed by atoms with E-state index in [2.05, 4.69) is 14.9 Å². The third kappa shape index (κ3) is 1.85. The van der Waals surface area contributed by atoms with E-state index in [-0.39, 0.29) is 11.4 Å². The van der Waals surface area contributed by atoms with Crippen molar-refractivity contribution in [3.05, 3.63) is 28.9 Å². The van der Waals surface area contributed by atoms with Gasteiger partial charge in [-0.05, 0) is 17.3 Å². The van der Waals surface area contributed by atoms with Crippen LogP contribution in [0.3, 0.4) is 0 Å². The average Bonchev–Trinajstić information content (AvgIpc) is 2.21. The smallest absolute Gasteiger partial charge is 0.340 e. The molecule has 0 amide bonds. The standard InChI is InChI=1S/C8H8N2O4/c1-14-8(12)7(10-13)6-5(11)3-2-4-9-6/h2-4,7,11H,1H3. The lowest BCUT2D eigenvalue weighted by atomic mass is 10.2. The molecule has 0 aliphatic rings. The van der Waals surface area contributed by atoms with E-state index in [1.165, 1.54) is 18.3 Å². The number of hydrogen-bond donors (Lipinski definition) is 1. The Morgan fingerprint density at radius 1 is 1.71 bits per heavy atom. The first-order valence-corrected chi connectivity index (χ1v) is 3.75. The van der Waals surface area contributed by atoms with E-state index >= 15 is 0 Å². The number of rotatable bonds is 3. The lowest BCUT2D eigenvalue weighted by Crippen LogP contribution is -2.13. The van der Waals surface area contributed by atoms with E-state index in [1.54, 1.807) is 0 Å². The second-order valence-electron chi connectivity index (χ2n) is 2.44. The Labute approximate surface area is 79.5 Å². The first-order valence-electron chi connectivity index (χ1n) is 3.75. The van der Waals surface area contributed by atoms with Crippen molar-refractivity contribution in [3.8, 4) is 5.75 Å². The predicted molar refractivity (Wildman–Crippen MR) is 46.5 cm³/mol. The SMILES string of the molecule is COC(=O)C(N=O)c1ncccc1O. The Hall–Kier alpha value is -1.98. The summed E-state index contributed by atoms with van der Waals surface area (Å²) in [4.78, 5) is 25.1. The van der Waals surface area contributed by atoms with Crippen LogP contribution < -0.4 is 0 Å². The number of aromatic nitrogens is 1. The van der Waals surface area contributed by atoms with Gasteiger partial charge in [0.25, 0.3) is 0 Å². The molecule has 14 heavy (non-hydrogen) atoms. The van der Waals surface area contributed by atoms with Crippen LogP contribution in [0.4, 0.5) is 0 Å². The number of nitroso groups, excluding NO2 is 1. The van der Waals surface area contributed by atoms with Crippen molar-refractivity contribution >= 4 is 5.97 Å². The molecular weight excluding hydrogens is 188 g/mol. The molecule has 1 aromatic rings. The lowest BCUT2D eigenvalue weighted by molar-refractivity contribution is -0.142. The average molecular weight is 196 g/mol. The molecule has 1 unspecified atom stereocenters. The molecule has 74 valence electrons. The summed E-state index contributed by atoms with van der Waals surface area (Å²) in [6.45, 7) is 0. The normalized spacial score (nSPS) is 11.8. The van der Waals surface area contributed by atoms with Crippen LogP contribution in [0, 0.1) is 4.91 Å². The van der Waals surface area contributed by atoms with E-state index in [1.807, 2.05) is 0 Å². The number of carbonyl (C=O) groups is 1. The van der Waals surface area contributed by atoms with Crippen molar-refractivity contribution in [3.63, 3.8) is 0 Å². The Kier molecular flexibility index (Phi) is 3.11. The summed E-state index contributed by atoms with van der Waals surface area (Å²) < 4.78 is 4.33. The van der Waals surface area contributed by atoms with Crippen LogP contribution in [-0.4, -0.2) is 23.2 Å². The summed E-state index contributed by atoms with van der Waals surface area (Å²) in [5, 5.41) is 11.8. The number of ether oxygens (including phenoxy) is 1. The number of esters is 1. The van der Waals surface area contributed by atoms with Gasteiger partial charge < -0.3 is 9.84 Å². The van der Waals surface area contributed by atoms with Crippen molar-refractivity contribution in [1.82, 2.24) is 4.98 Å². The summed E-state index contributed by atoms with van der Waals surface area (Å²) in [6, 6.07) is 1.36. The maximum Gasteiger partial charge on any atom is 0.340 e. The van der Waals surface area contributed by atoms with Crippen molar-refractivity contribution in [2.24, 2.45) is 5.18 Å². The molecule has 0 aliphatic heterocycles. The maximum atomic E-state index is 11.0. The molecule has 0 bridgehead atoms. The largest absolute Gasteiger partial charge is 0.506 e. The fourth-order valence-electron chi connectivity index (χ4n) is 0.936. The minimum absolute atomic E-state index is 0.102. The number of pyridine rings is 1. The molecule has 1 rings (SSSR count). The maximum absolute atomic E-state index is 11.0. The van der Waals surface area contributed by atoms with Crippen LogP contribution >= 0.6 is 0 Å². The number of hydrogen-bond acceptors (Lipinski definition) is 6. The van der Waals surface area contributed by atoms with Gasteiger partial charge in [0.15, 0.2) is 0 Å². The summed E-state index contributed by atoms with van der Waals surface area (Å²) >= 11 is 0. The van der Waals surface area contributed by atoms with Gasteiger partial charge in [-0.25, -0.2) is 4.79 Å². The van der Waals surface area contributed by atoms with Crippen molar-refractivity contribution in [1.29, 1.82) is 0 Å². The molecule has 6 heteroatoms. The highest BCUT2D eigenvalue weighted by atomic mass is 16.5. The van der Waals surface area contributed by atoms with Gasteiger partial charge in [0, 0.05) is 6.20 Å². The number of nitrogens with zero attached hydrogens (tertiary/aromatic N) is 2. The molecule has 1 aromatic heterocycles. The first kappa shape index (κ1) is 10.1. The van der Waals surface area contributed by atoms with Crippen LogP contribution in [-0.2, 0) is 9.53 Å². The molecule has 0 saturated heterocycles. The van der Waals surface area contributed by atoms with Gasteiger partial charge in [-0.2, -0.15) is 0 Å². The molecule has 0 radical (unpaired) electrons. The third-order valence-electron chi connectivity index (χ3n) is 1.61. The second kappa shape index (κ2) is 4.31. The molecule has 0 fully saturated rings. The summed E-state index contributed by atoms with van der Waals surface area (Å²) in [6.07, 6.45) is 1.34. The van der Waals surface area contributed by atoms with E-state index in [9.17, 15) is 14.8 Å². The molecule has 1 heterocycles. The van der Waals surface area contributed by atoms with Crippen molar-refractivity contribution < 1.29 is 14.6 Å². The number of carbonyl (C=O) groups excluding carboxylic acids is 1. The van der Waals surface area contributed by atoms with Crippen LogP contribution in [0.5, 0.6) is 5.75 Å². The van der Waals surface area contributed by atoms with E-state index in [4.69, 9.17) is 0 Å². The minimum atomic E-state index is -1.42. The quantitative estimate of drug-likeness (QED) is 0.569. The summed E-state index contributed by atoms with van der Waals surface area (Å²) in [5.74, 6) is -1.11. The Morgan fingerprint density at radius 3 is 2.93 bits per heavy atom. The third-order valence-corrected chi connectivity index (χ3v) is 1.61. The monoisotopic (exact) mass is 196 g/mol. The van der Waals surface area contributed by atoms with E-state index < -0.39 is 12.0 Å². The summed E-state index contributed by atoms with van der Waals surface area (Å²) in [5.41, 5.74) is -0.102. The zero-order valence-corrected chi connectivity index (χ0v) is 7.38. The van der Waals surface area contributed by atoms with Crippen LogP contribution in [0.25, 0.3) is 0 Å². The molecule has 0 aliphatic carbocycles. The highest BCUT2D eigenvalue weighted by Gasteiger charge is 2.26.